The van der Waals surface area contributed by atoms with Gasteiger partial charge in [0.15, 0.2) is 0 Å². The lowest BCUT2D eigenvalue weighted by atomic mass is 10.2. The van der Waals surface area contributed by atoms with E-state index in [0.29, 0.717) is 0 Å². The van der Waals surface area contributed by atoms with Crippen molar-refractivity contribution in [2.45, 2.75) is 69.6 Å². The van der Waals surface area contributed by atoms with E-state index in [-0.39, 0.29) is 7.92 Å². The van der Waals surface area contributed by atoms with Gasteiger partial charge in [-0.25, -0.2) is 0 Å². The summed E-state index contributed by atoms with van der Waals surface area (Å²) in [7, 11) is 0.126. The molecule has 3 rings (SSSR count). The van der Waals surface area contributed by atoms with Gasteiger partial charge >= 0.3 is 0 Å². The lowest BCUT2D eigenvalue weighted by molar-refractivity contribution is 0.835. The fraction of sp³-hybridized carbons (Fsp3) is 0.647. The zero-order valence-corrected chi connectivity index (χ0v) is 12.5. The summed E-state index contributed by atoms with van der Waals surface area (Å²) in [5.74, 6) is 0. The maximum absolute atomic E-state index is 2.49. The highest BCUT2D eigenvalue weighted by Gasteiger charge is 2.33. The van der Waals surface area contributed by atoms with Gasteiger partial charge in [-0.1, -0.05) is 63.4 Å². The average molecular weight is 260 g/mol. The minimum atomic E-state index is 0.126. The van der Waals surface area contributed by atoms with Crippen molar-refractivity contribution in [2.75, 3.05) is 0 Å². The van der Waals surface area contributed by atoms with E-state index in [2.05, 4.69) is 31.2 Å². The van der Waals surface area contributed by atoms with Crippen molar-refractivity contribution in [1.29, 1.82) is 0 Å². The van der Waals surface area contributed by atoms with Crippen LogP contribution in [0.3, 0.4) is 0 Å². The summed E-state index contributed by atoms with van der Waals surface area (Å²) < 4.78 is 0. The molecule has 0 bridgehead atoms. The molecule has 1 heteroatoms. The van der Waals surface area contributed by atoms with Gasteiger partial charge in [-0.05, 0) is 49.2 Å². The first-order valence-corrected chi connectivity index (χ1v) is 9.17. The van der Waals surface area contributed by atoms with Crippen molar-refractivity contribution in [2.24, 2.45) is 0 Å². The molecule has 2 fully saturated rings. The van der Waals surface area contributed by atoms with Crippen molar-refractivity contribution in [3.8, 4) is 0 Å². The first kappa shape index (κ1) is 12.7. The molecule has 2 aliphatic carbocycles. The third kappa shape index (κ3) is 2.64. The Kier molecular flexibility index (Phi) is 4.04. The van der Waals surface area contributed by atoms with Gasteiger partial charge < -0.3 is 0 Å². The van der Waals surface area contributed by atoms with Crippen LogP contribution in [-0.2, 0) is 0 Å². The van der Waals surface area contributed by atoms with Gasteiger partial charge in [0.1, 0.15) is 0 Å². The van der Waals surface area contributed by atoms with E-state index in [0.717, 1.165) is 11.3 Å². The predicted octanol–water partition coefficient (Wildman–Crippen LogP) is 4.99. The Bertz CT molecular complexity index is 370. The Labute approximate surface area is 113 Å². The molecular formula is C17H25P. The molecule has 0 aliphatic heterocycles. The maximum atomic E-state index is 2.49. The van der Waals surface area contributed by atoms with Crippen LogP contribution in [0.15, 0.2) is 24.3 Å². The van der Waals surface area contributed by atoms with Gasteiger partial charge in [0, 0.05) is 0 Å². The number of benzene rings is 1. The second-order valence-corrected chi connectivity index (χ2v) is 8.91. The molecule has 0 atom stereocenters. The summed E-state index contributed by atoms with van der Waals surface area (Å²) in [5, 5.41) is 1.71. The molecule has 1 aromatic rings. The lowest BCUT2D eigenvalue weighted by Gasteiger charge is -2.30. The molecule has 0 saturated heterocycles. The lowest BCUT2D eigenvalue weighted by Crippen LogP contribution is -2.19. The molecule has 2 saturated carbocycles. The van der Waals surface area contributed by atoms with E-state index in [4.69, 9.17) is 0 Å². The van der Waals surface area contributed by atoms with Crippen LogP contribution >= 0.6 is 7.92 Å². The Morgan fingerprint density at radius 1 is 0.889 bits per heavy atom. The van der Waals surface area contributed by atoms with Crippen LogP contribution < -0.4 is 5.30 Å². The third-order valence-corrected chi connectivity index (χ3v) is 8.22. The molecule has 98 valence electrons. The van der Waals surface area contributed by atoms with Crippen LogP contribution in [0.2, 0.25) is 0 Å². The van der Waals surface area contributed by atoms with Gasteiger partial charge in [-0.3, -0.25) is 0 Å². The first-order chi connectivity index (χ1) is 8.84. The van der Waals surface area contributed by atoms with Crippen molar-refractivity contribution in [3.05, 3.63) is 29.8 Å². The quantitative estimate of drug-likeness (QED) is 0.672. The van der Waals surface area contributed by atoms with Gasteiger partial charge in [0.25, 0.3) is 0 Å². The summed E-state index contributed by atoms with van der Waals surface area (Å²) >= 11 is 0. The number of hydrogen-bond donors (Lipinski definition) is 0. The summed E-state index contributed by atoms with van der Waals surface area (Å²) in [6.07, 6.45) is 12.0. The van der Waals surface area contributed by atoms with Gasteiger partial charge in [0.2, 0.25) is 0 Å². The Morgan fingerprint density at radius 3 is 1.94 bits per heavy atom. The van der Waals surface area contributed by atoms with Crippen LogP contribution in [0.1, 0.15) is 56.9 Å². The molecule has 0 nitrogen and oxygen atoms in total. The second kappa shape index (κ2) is 5.74. The van der Waals surface area contributed by atoms with Crippen LogP contribution in [-0.4, -0.2) is 11.3 Å². The Hall–Kier alpha value is -0.350. The van der Waals surface area contributed by atoms with Crippen LogP contribution in [0.4, 0.5) is 0 Å². The second-order valence-electron chi connectivity index (χ2n) is 6.12. The zero-order chi connectivity index (χ0) is 12.4. The molecule has 0 spiro atoms. The number of rotatable bonds is 3. The van der Waals surface area contributed by atoms with Crippen LogP contribution in [0, 0.1) is 6.92 Å². The Balaban J connectivity index is 1.88. The Morgan fingerprint density at radius 2 is 1.44 bits per heavy atom. The monoisotopic (exact) mass is 260 g/mol. The summed E-state index contributed by atoms with van der Waals surface area (Å²) in [4.78, 5) is 0. The first-order valence-electron chi connectivity index (χ1n) is 7.69. The van der Waals surface area contributed by atoms with Gasteiger partial charge in [0.05, 0.1) is 0 Å². The molecule has 0 radical (unpaired) electrons. The van der Waals surface area contributed by atoms with E-state index in [1.165, 1.54) is 56.9 Å². The van der Waals surface area contributed by atoms with Crippen molar-refractivity contribution >= 4 is 13.2 Å². The van der Waals surface area contributed by atoms with Crippen molar-refractivity contribution in [3.63, 3.8) is 0 Å². The molecule has 0 unspecified atom stereocenters. The fourth-order valence-electron chi connectivity index (χ4n) is 3.87. The fourth-order valence-corrected chi connectivity index (χ4v) is 7.77. The number of hydrogen-bond acceptors (Lipinski definition) is 0. The molecule has 2 aliphatic rings. The smallest absolute Gasteiger partial charge is 0.0166 e. The molecule has 0 N–H and O–H groups in total. The minimum absolute atomic E-state index is 0.126. The molecule has 0 aromatic heterocycles. The molecule has 18 heavy (non-hydrogen) atoms. The largest absolute Gasteiger partial charge is 0.0690 e. The SMILES string of the molecule is Cc1cccc(P(C2CCCC2)C2CCCC2)c1. The highest BCUT2D eigenvalue weighted by molar-refractivity contribution is 7.67. The predicted molar refractivity (Wildman–Crippen MR) is 82.2 cm³/mol. The van der Waals surface area contributed by atoms with Gasteiger partial charge in [-0.2, -0.15) is 0 Å². The topological polar surface area (TPSA) is 0 Å². The summed E-state index contributed by atoms with van der Waals surface area (Å²) in [6, 6.07) is 9.45. The minimum Gasteiger partial charge on any atom is -0.0690 e. The van der Waals surface area contributed by atoms with Crippen LogP contribution in [0.5, 0.6) is 0 Å². The standard InChI is InChI=1S/C17H25P/c1-14-7-6-12-17(13-14)18(15-8-2-3-9-15)16-10-4-5-11-16/h6-7,12-13,15-16H,2-5,8-11H2,1H3. The van der Waals surface area contributed by atoms with Crippen molar-refractivity contribution in [1.82, 2.24) is 0 Å². The highest BCUT2D eigenvalue weighted by atomic mass is 31.1. The van der Waals surface area contributed by atoms with E-state index in [1.54, 1.807) is 5.30 Å². The number of aryl methyl sites for hydroxylation is 1. The van der Waals surface area contributed by atoms with Crippen molar-refractivity contribution < 1.29 is 0 Å². The molecule has 0 amide bonds. The summed E-state index contributed by atoms with van der Waals surface area (Å²) in [5.41, 5.74) is 3.55. The van der Waals surface area contributed by atoms with E-state index in [1.807, 2.05) is 0 Å². The molecule has 1 aromatic carbocycles. The maximum Gasteiger partial charge on any atom is -0.0166 e. The van der Waals surface area contributed by atoms with Gasteiger partial charge in [-0.15, -0.1) is 0 Å². The van der Waals surface area contributed by atoms with Crippen LogP contribution in [0.25, 0.3) is 0 Å². The summed E-state index contributed by atoms with van der Waals surface area (Å²) in [6.45, 7) is 2.25. The normalized spacial score (nSPS) is 22.1. The van der Waals surface area contributed by atoms with E-state index < -0.39 is 0 Å². The highest BCUT2D eigenvalue weighted by Crippen LogP contribution is 2.56. The zero-order valence-electron chi connectivity index (χ0n) is 11.6. The average Bonchev–Trinajstić information content (AvgIpc) is 3.02. The third-order valence-electron chi connectivity index (χ3n) is 4.74. The molecule has 0 heterocycles. The van der Waals surface area contributed by atoms with E-state index >= 15 is 0 Å². The van der Waals surface area contributed by atoms with E-state index in [9.17, 15) is 0 Å². The molecular weight excluding hydrogens is 235 g/mol.